The maximum Gasteiger partial charge on any atom is 0.412 e. The van der Waals surface area contributed by atoms with E-state index in [9.17, 15) is 19.7 Å². The van der Waals surface area contributed by atoms with Crippen LogP contribution < -0.4 is 5.32 Å². The van der Waals surface area contributed by atoms with Gasteiger partial charge in [0, 0.05) is 4.91 Å². The first kappa shape index (κ1) is 16.7. The summed E-state index contributed by atoms with van der Waals surface area (Å²) in [4.78, 5) is 32.8. The molecular weight excluding hydrogens is 296 g/mol. The third-order valence-electron chi connectivity index (χ3n) is 2.42. The maximum absolute atomic E-state index is 11.6. The number of carbonyl (C=O) groups excluding carboxylic acids is 2. The summed E-state index contributed by atoms with van der Waals surface area (Å²) in [6.45, 7) is 1.78. The number of thioether (sulfide) groups is 1. The van der Waals surface area contributed by atoms with E-state index in [1.807, 2.05) is 0 Å². The fourth-order valence-corrected chi connectivity index (χ4v) is 1.84. The SMILES string of the molecule is C/C=C(\CNC(=O)OC(c1ccccc1)[N+](=O)[O-])SC=O. The Morgan fingerprint density at radius 3 is 2.67 bits per heavy atom. The van der Waals surface area contributed by atoms with Crippen molar-refractivity contribution in [2.75, 3.05) is 6.54 Å². The first-order valence-corrected chi connectivity index (χ1v) is 6.84. The molecule has 1 atom stereocenters. The summed E-state index contributed by atoms with van der Waals surface area (Å²) in [5.74, 6) is 0. The van der Waals surface area contributed by atoms with Gasteiger partial charge in [0.15, 0.2) is 5.62 Å². The van der Waals surface area contributed by atoms with E-state index in [1.165, 1.54) is 12.1 Å². The average molecular weight is 310 g/mol. The maximum atomic E-state index is 11.6. The molecule has 0 bridgehead atoms. The normalized spacial score (nSPS) is 12.3. The van der Waals surface area contributed by atoms with Crippen molar-refractivity contribution in [1.29, 1.82) is 0 Å². The molecule has 1 rings (SSSR count). The number of benzene rings is 1. The number of carbonyl (C=O) groups is 2. The molecule has 1 unspecified atom stereocenters. The van der Waals surface area contributed by atoms with Crippen LogP contribution in [0.5, 0.6) is 0 Å². The second kappa shape index (κ2) is 8.75. The molecule has 1 N–H and O–H groups in total. The summed E-state index contributed by atoms with van der Waals surface area (Å²) in [6.07, 6.45) is -0.841. The van der Waals surface area contributed by atoms with Gasteiger partial charge in [-0.25, -0.2) is 4.79 Å². The van der Waals surface area contributed by atoms with E-state index < -0.39 is 17.2 Å². The molecule has 21 heavy (non-hydrogen) atoms. The summed E-state index contributed by atoms with van der Waals surface area (Å²) in [6, 6.07) is 7.94. The van der Waals surface area contributed by atoms with Gasteiger partial charge in [0.05, 0.1) is 17.0 Å². The number of amides is 1. The minimum atomic E-state index is -1.57. The van der Waals surface area contributed by atoms with Crippen molar-refractivity contribution >= 4 is 23.5 Å². The second-order valence-electron chi connectivity index (χ2n) is 3.78. The molecule has 8 heteroatoms. The van der Waals surface area contributed by atoms with E-state index >= 15 is 0 Å². The molecule has 0 radical (unpaired) electrons. The Hall–Kier alpha value is -2.35. The highest BCUT2D eigenvalue weighted by Gasteiger charge is 2.26. The molecule has 1 aromatic carbocycles. The monoisotopic (exact) mass is 310 g/mol. The van der Waals surface area contributed by atoms with Gasteiger partial charge in [0.2, 0.25) is 0 Å². The van der Waals surface area contributed by atoms with Crippen molar-refractivity contribution in [2.24, 2.45) is 0 Å². The van der Waals surface area contributed by atoms with Gasteiger partial charge in [0.25, 0.3) is 0 Å². The van der Waals surface area contributed by atoms with Gasteiger partial charge in [-0.2, -0.15) is 0 Å². The van der Waals surface area contributed by atoms with Crippen LogP contribution in [0.3, 0.4) is 0 Å². The van der Waals surface area contributed by atoms with Gasteiger partial charge < -0.3 is 10.1 Å². The van der Waals surface area contributed by atoms with Crippen molar-refractivity contribution in [2.45, 2.75) is 13.2 Å². The van der Waals surface area contributed by atoms with Crippen LogP contribution in [-0.4, -0.2) is 23.2 Å². The van der Waals surface area contributed by atoms with E-state index in [4.69, 9.17) is 4.74 Å². The summed E-state index contributed by atoms with van der Waals surface area (Å²) < 4.78 is 4.80. The minimum absolute atomic E-state index is 0.0674. The molecule has 0 saturated carbocycles. The minimum Gasteiger partial charge on any atom is -0.377 e. The first-order chi connectivity index (χ1) is 10.1. The van der Waals surface area contributed by atoms with Crippen molar-refractivity contribution in [1.82, 2.24) is 5.32 Å². The summed E-state index contributed by atoms with van der Waals surface area (Å²) in [7, 11) is 0. The molecule has 0 fully saturated rings. The van der Waals surface area contributed by atoms with Crippen LogP contribution in [0.15, 0.2) is 41.3 Å². The fraction of sp³-hybridized carbons (Fsp3) is 0.231. The number of nitro groups is 1. The van der Waals surface area contributed by atoms with Crippen LogP contribution in [0.25, 0.3) is 0 Å². The van der Waals surface area contributed by atoms with Crippen LogP contribution >= 0.6 is 11.8 Å². The first-order valence-electron chi connectivity index (χ1n) is 5.97. The Morgan fingerprint density at radius 2 is 2.14 bits per heavy atom. The number of rotatable bonds is 7. The third-order valence-corrected chi connectivity index (χ3v) is 3.20. The van der Waals surface area contributed by atoms with Crippen LogP contribution in [0.1, 0.15) is 18.7 Å². The number of allylic oxidation sites excluding steroid dienone is 1. The van der Waals surface area contributed by atoms with Gasteiger partial charge in [-0.1, -0.05) is 36.0 Å². The smallest absolute Gasteiger partial charge is 0.377 e. The lowest BCUT2D eigenvalue weighted by molar-refractivity contribution is -0.574. The predicted octanol–water partition coefficient (Wildman–Crippen LogP) is 2.52. The number of alkyl carbamates (subject to hydrolysis) is 1. The highest BCUT2D eigenvalue weighted by atomic mass is 32.2. The number of hydrogen-bond acceptors (Lipinski definition) is 6. The summed E-state index contributed by atoms with van der Waals surface area (Å²) in [5.41, 5.74) is 0.901. The predicted molar refractivity (Wildman–Crippen MR) is 78.8 cm³/mol. The molecule has 0 aliphatic carbocycles. The lowest BCUT2D eigenvalue weighted by atomic mass is 10.2. The zero-order valence-corrected chi connectivity index (χ0v) is 12.0. The number of nitrogens with one attached hydrogen (secondary N) is 1. The largest absolute Gasteiger partial charge is 0.412 e. The Morgan fingerprint density at radius 1 is 1.48 bits per heavy atom. The zero-order chi connectivity index (χ0) is 15.7. The van der Waals surface area contributed by atoms with Crippen LogP contribution in [0.2, 0.25) is 0 Å². The molecule has 0 aliphatic heterocycles. The van der Waals surface area contributed by atoms with E-state index in [1.54, 1.807) is 31.2 Å². The Bertz CT molecular complexity index is 533. The lowest BCUT2D eigenvalue weighted by Crippen LogP contribution is -2.29. The number of ether oxygens (including phenoxy) is 1. The lowest BCUT2D eigenvalue weighted by Gasteiger charge is -2.12. The Kier molecular flexibility index (Phi) is 6.96. The van der Waals surface area contributed by atoms with Crippen molar-refractivity contribution in [3.05, 3.63) is 57.0 Å². The second-order valence-corrected chi connectivity index (χ2v) is 4.73. The van der Waals surface area contributed by atoms with E-state index in [-0.39, 0.29) is 12.1 Å². The number of nitrogens with zero attached hydrogens (tertiary/aromatic N) is 1. The molecule has 0 aliphatic rings. The topological polar surface area (TPSA) is 98.5 Å². The van der Waals surface area contributed by atoms with Gasteiger partial charge in [0.1, 0.15) is 0 Å². The third kappa shape index (κ3) is 5.65. The van der Waals surface area contributed by atoms with E-state index in [0.29, 0.717) is 10.5 Å². The Labute approximate surface area is 125 Å². The zero-order valence-electron chi connectivity index (χ0n) is 11.2. The fourth-order valence-electron chi connectivity index (χ4n) is 1.43. The van der Waals surface area contributed by atoms with Crippen LogP contribution in [-0.2, 0) is 9.53 Å². The van der Waals surface area contributed by atoms with Crippen LogP contribution in [0, 0.1) is 10.1 Å². The van der Waals surface area contributed by atoms with E-state index in [2.05, 4.69) is 5.32 Å². The summed E-state index contributed by atoms with van der Waals surface area (Å²) >= 11 is 0.916. The molecule has 0 spiro atoms. The van der Waals surface area contributed by atoms with Gasteiger partial charge in [-0.15, -0.1) is 0 Å². The van der Waals surface area contributed by atoms with Crippen molar-refractivity contribution in [3.63, 3.8) is 0 Å². The molecule has 7 nitrogen and oxygen atoms in total. The average Bonchev–Trinajstić information content (AvgIpc) is 2.49. The van der Waals surface area contributed by atoms with Gasteiger partial charge in [-0.05, 0) is 19.1 Å². The quantitative estimate of drug-likeness (QED) is 0.359. The number of hydrogen-bond donors (Lipinski definition) is 1. The highest BCUT2D eigenvalue weighted by molar-refractivity contribution is 8.15. The molecule has 112 valence electrons. The molecular formula is C13H14N2O5S. The van der Waals surface area contributed by atoms with Crippen molar-refractivity contribution < 1.29 is 19.2 Å². The standard InChI is InChI=1S/C13H14N2O5S/c1-2-11(21-9-16)8-14-13(17)20-12(15(18)19)10-6-4-3-5-7-10/h2-7,9,12H,8H2,1H3,(H,14,17)/b11-2+. The molecule has 0 saturated heterocycles. The highest BCUT2D eigenvalue weighted by Crippen LogP contribution is 2.18. The summed E-state index contributed by atoms with van der Waals surface area (Å²) in [5, 5.41) is 13.3. The van der Waals surface area contributed by atoms with Gasteiger partial charge >= 0.3 is 12.3 Å². The molecule has 0 heterocycles. The molecule has 0 aromatic heterocycles. The van der Waals surface area contributed by atoms with Crippen LogP contribution in [0.4, 0.5) is 4.79 Å². The molecule has 1 aromatic rings. The van der Waals surface area contributed by atoms with E-state index in [0.717, 1.165) is 11.8 Å². The Balaban J connectivity index is 2.62. The van der Waals surface area contributed by atoms with Crippen molar-refractivity contribution in [3.8, 4) is 0 Å². The molecule has 1 amide bonds. The van der Waals surface area contributed by atoms with Gasteiger partial charge in [-0.3, -0.25) is 14.9 Å².